The van der Waals surface area contributed by atoms with Crippen LogP contribution in [0.3, 0.4) is 0 Å². The molecule has 0 aliphatic rings. The molecular formula is C24H35O2P. The second-order valence-electron chi connectivity index (χ2n) is 7.75. The molecule has 1 atom stereocenters. The minimum absolute atomic E-state index is 0.0754. The van der Waals surface area contributed by atoms with Crippen LogP contribution in [0.2, 0.25) is 0 Å². The van der Waals surface area contributed by atoms with E-state index in [1.54, 1.807) is 0 Å². The van der Waals surface area contributed by atoms with Crippen LogP contribution in [-0.4, -0.2) is 11.9 Å². The molecule has 0 radical (unpaired) electrons. The monoisotopic (exact) mass is 386 g/mol. The summed E-state index contributed by atoms with van der Waals surface area (Å²) < 4.78 is 12.0. The Morgan fingerprint density at radius 1 is 0.778 bits per heavy atom. The Morgan fingerprint density at radius 2 is 1.26 bits per heavy atom. The molecule has 2 nitrogen and oxygen atoms in total. The number of rotatable bonds is 10. The Morgan fingerprint density at radius 3 is 1.70 bits per heavy atom. The van der Waals surface area contributed by atoms with Crippen molar-refractivity contribution in [2.75, 3.05) is 6.61 Å². The molecule has 0 heterocycles. The molecule has 0 aliphatic carbocycles. The average molecular weight is 387 g/mol. The maximum absolute atomic E-state index is 6.18. The molecule has 3 heteroatoms. The van der Waals surface area contributed by atoms with Crippen LogP contribution in [-0.2, 0) is 5.41 Å². The van der Waals surface area contributed by atoms with Crippen molar-refractivity contribution in [2.24, 2.45) is 0 Å². The van der Waals surface area contributed by atoms with Gasteiger partial charge in [-0.25, -0.2) is 0 Å². The molecular weight excluding hydrogens is 351 g/mol. The molecule has 0 N–H and O–H groups in total. The third-order valence-electron chi connectivity index (χ3n) is 5.44. The highest BCUT2D eigenvalue weighted by atomic mass is 31.0. The first-order valence-electron chi connectivity index (χ1n) is 10.2. The summed E-state index contributed by atoms with van der Waals surface area (Å²) in [4.78, 5) is 0. The van der Waals surface area contributed by atoms with Crippen LogP contribution in [0.25, 0.3) is 0 Å². The quantitative estimate of drug-likeness (QED) is 0.324. The molecule has 0 aromatic heterocycles. The van der Waals surface area contributed by atoms with Crippen LogP contribution in [0.1, 0.15) is 71.4 Å². The van der Waals surface area contributed by atoms with Crippen LogP contribution in [0, 0.1) is 0 Å². The van der Waals surface area contributed by atoms with Gasteiger partial charge in [-0.2, -0.15) is 0 Å². The Bertz CT molecular complexity index is 685. The van der Waals surface area contributed by atoms with Crippen LogP contribution in [0.15, 0.2) is 48.5 Å². The highest BCUT2D eigenvalue weighted by Gasteiger charge is 2.25. The van der Waals surface area contributed by atoms with E-state index in [1.165, 1.54) is 11.1 Å². The number of hydrogen-bond donors (Lipinski definition) is 0. The van der Waals surface area contributed by atoms with Gasteiger partial charge >= 0.3 is 0 Å². The standard InChI is InChI=1S/C24H35O2P/c1-6-9-18-25-21-14-10-19(11-15-21)23(4,5)20-12-16-22(17-13-20)26-24(27,7-2)8-3/h10-17H,6-9,18,27H2,1-5H3. The lowest BCUT2D eigenvalue weighted by molar-refractivity contribution is 0.155. The summed E-state index contributed by atoms with van der Waals surface area (Å²) in [5.41, 5.74) is 2.48. The zero-order chi connectivity index (χ0) is 19.9. The summed E-state index contributed by atoms with van der Waals surface area (Å²) >= 11 is 0. The summed E-state index contributed by atoms with van der Waals surface area (Å²) in [6.07, 6.45) is 4.18. The van der Waals surface area contributed by atoms with Gasteiger partial charge in [-0.15, -0.1) is 0 Å². The molecule has 0 saturated carbocycles. The molecule has 27 heavy (non-hydrogen) atoms. The summed E-state index contributed by atoms with van der Waals surface area (Å²) in [5, 5.41) is -0.176. The fourth-order valence-corrected chi connectivity index (χ4v) is 3.17. The number of benzene rings is 2. The zero-order valence-electron chi connectivity index (χ0n) is 17.5. The molecule has 2 aromatic carbocycles. The van der Waals surface area contributed by atoms with Crippen molar-refractivity contribution in [3.8, 4) is 11.5 Å². The molecule has 1 unspecified atom stereocenters. The Hall–Kier alpha value is -1.53. The molecule has 2 aromatic rings. The summed E-state index contributed by atoms with van der Waals surface area (Å²) in [5.74, 6) is 1.87. The summed E-state index contributed by atoms with van der Waals surface area (Å²) in [7, 11) is 2.86. The van der Waals surface area contributed by atoms with E-state index in [1.807, 2.05) is 0 Å². The van der Waals surface area contributed by atoms with Crippen molar-refractivity contribution in [1.29, 1.82) is 0 Å². The normalized spacial score (nSPS) is 12.1. The van der Waals surface area contributed by atoms with Crippen LogP contribution in [0.4, 0.5) is 0 Å². The molecule has 0 aliphatic heterocycles. The van der Waals surface area contributed by atoms with Gasteiger partial charge < -0.3 is 9.47 Å². The predicted molar refractivity (Wildman–Crippen MR) is 119 cm³/mol. The van der Waals surface area contributed by atoms with Gasteiger partial charge in [-0.1, -0.05) is 74.5 Å². The van der Waals surface area contributed by atoms with E-state index in [0.717, 1.165) is 43.8 Å². The van der Waals surface area contributed by atoms with Gasteiger partial charge in [0.15, 0.2) is 0 Å². The van der Waals surface area contributed by atoms with E-state index in [4.69, 9.17) is 9.47 Å². The Labute approximate surface area is 167 Å². The van der Waals surface area contributed by atoms with Gasteiger partial charge in [0.1, 0.15) is 16.8 Å². The number of ether oxygens (including phenoxy) is 2. The van der Waals surface area contributed by atoms with E-state index in [0.29, 0.717) is 0 Å². The lowest BCUT2D eigenvalue weighted by Crippen LogP contribution is -2.26. The fourth-order valence-electron chi connectivity index (χ4n) is 3.04. The molecule has 0 bridgehead atoms. The largest absolute Gasteiger partial charge is 0.494 e. The van der Waals surface area contributed by atoms with Gasteiger partial charge in [0.25, 0.3) is 0 Å². The Kier molecular flexibility index (Phi) is 7.74. The lowest BCUT2D eigenvalue weighted by Gasteiger charge is -2.29. The highest BCUT2D eigenvalue weighted by molar-refractivity contribution is 7.18. The molecule has 148 valence electrons. The van der Waals surface area contributed by atoms with Crippen molar-refractivity contribution < 1.29 is 9.47 Å². The first-order chi connectivity index (χ1) is 12.8. The van der Waals surface area contributed by atoms with Crippen LogP contribution in [0.5, 0.6) is 11.5 Å². The van der Waals surface area contributed by atoms with E-state index in [2.05, 4.69) is 92.4 Å². The third kappa shape index (κ3) is 5.72. The van der Waals surface area contributed by atoms with Crippen LogP contribution < -0.4 is 9.47 Å². The Balaban J connectivity index is 2.11. The summed E-state index contributed by atoms with van der Waals surface area (Å²) in [6, 6.07) is 17.0. The molecule has 0 spiro atoms. The van der Waals surface area contributed by atoms with Gasteiger partial charge in [0, 0.05) is 5.41 Å². The third-order valence-corrected chi connectivity index (χ3v) is 6.37. The molecule has 2 rings (SSSR count). The van der Waals surface area contributed by atoms with E-state index < -0.39 is 0 Å². The van der Waals surface area contributed by atoms with Crippen molar-refractivity contribution >= 4 is 9.24 Å². The molecule has 0 amide bonds. The molecule has 0 saturated heterocycles. The minimum Gasteiger partial charge on any atom is -0.494 e. The maximum Gasteiger partial charge on any atom is 0.121 e. The summed E-state index contributed by atoms with van der Waals surface area (Å²) in [6.45, 7) is 11.8. The van der Waals surface area contributed by atoms with Gasteiger partial charge in [-0.3, -0.25) is 0 Å². The number of hydrogen-bond acceptors (Lipinski definition) is 2. The zero-order valence-corrected chi connectivity index (χ0v) is 18.7. The SMILES string of the molecule is CCCCOc1ccc(C(C)(C)c2ccc(OC(P)(CC)CC)cc2)cc1. The lowest BCUT2D eigenvalue weighted by atomic mass is 9.78. The van der Waals surface area contributed by atoms with E-state index in [9.17, 15) is 0 Å². The fraction of sp³-hybridized carbons (Fsp3) is 0.500. The molecule has 0 fully saturated rings. The van der Waals surface area contributed by atoms with Gasteiger partial charge in [-0.05, 0) is 54.7 Å². The second-order valence-corrected chi connectivity index (χ2v) is 8.80. The topological polar surface area (TPSA) is 18.5 Å². The first-order valence-corrected chi connectivity index (χ1v) is 10.7. The minimum atomic E-state index is -0.176. The van der Waals surface area contributed by atoms with E-state index >= 15 is 0 Å². The number of unbranched alkanes of at least 4 members (excludes halogenated alkanes) is 1. The second kappa shape index (κ2) is 9.60. The highest BCUT2D eigenvalue weighted by Crippen LogP contribution is 2.35. The van der Waals surface area contributed by atoms with E-state index in [-0.39, 0.29) is 10.8 Å². The van der Waals surface area contributed by atoms with Crippen molar-refractivity contribution in [1.82, 2.24) is 0 Å². The smallest absolute Gasteiger partial charge is 0.121 e. The van der Waals surface area contributed by atoms with Gasteiger partial charge in [0.05, 0.1) is 6.61 Å². The first kappa shape index (κ1) is 21.8. The van der Waals surface area contributed by atoms with Crippen molar-refractivity contribution in [2.45, 2.75) is 71.1 Å². The van der Waals surface area contributed by atoms with Crippen LogP contribution >= 0.6 is 9.24 Å². The van der Waals surface area contributed by atoms with Crippen molar-refractivity contribution in [3.63, 3.8) is 0 Å². The maximum atomic E-state index is 6.18. The predicted octanol–water partition coefficient (Wildman–Crippen LogP) is 6.96. The van der Waals surface area contributed by atoms with Crippen molar-refractivity contribution in [3.05, 3.63) is 59.7 Å². The van der Waals surface area contributed by atoms with Gasteiger partial charge in [0.2, 0.25) is 0 Å². The average Bonchev–Trinajstić information content (AvgIpc) is 2.69.